The van der Waals surface area contributed by atoms with Crippen LogP contribution in [-0.2, 0) is 0 Å². The van der Waals surface area contributed by atoms with Crippen LogP contribution in [0.4, 0.5) is 0 Å². The van der Waals surface area contributed by atoms with Gasteiger partial charge in [0.1, 0.15) is 5.15 Å². The molecule has 1 fully saturated rings. The number of aromatic nitrogens is 1. The van der Waals surface area contributed by atoms with Crippen LogP contribution in [0.15, 0.2) is 18.3 Å². The van der Waals surface area contributed by atoms with Crippen molar-refractivity contribution < 1.29 is 4.79 Å². The first kappa shape index (κ1) is 15.3. The van der Waals surface area contributed by atoms with E-state index in [0.29, 0.717) is 17.3 Å². The molecule has 1 aromatic heterocycles. The monoisotopic (exact) mass is 295 g/mol. The Morgan fingerprint density at radius 1 is 1.40 bits per heavy atom. The van der Waals surface area contributed by atoms with Gasteiger partial charge in [-0.3, -0.25) is 4.79 Å². The van der Waals surface area contributed by atoms with Gasteiger partial charge < -0.3 is 10.2 Å². The molecule has 1 amide bonds. The number of nitrogens with zero attached hydrogens (tertiary/aromatic N) is 2. The third kappa shape index (κ3) is 3.49. The molecule has 1 saturated carbocycles. The normalized spacial score (nSPS) is 18.0. The van der Waals surface area contributed by atoms with Gasteiger partial charge in [-0.15, -0.1) is 0 Å². The number of halogens is 1. The first-order chi connectivity index (χ1) is 9.53. The van der Waals surface area contributed by atoms with Crippen LogP contribution < -0.4 is 5.32 Å². The number of carbonyl (C=O) groups excluding carboxylic acids is 1. The zero-order valence-electron chi connectivity index (χ0n) is 12.2. The number of hydrogen-bond donors (Lipinski definition) is 1. The minimum Gasteiger partial charge on any atom is -0.350 e. The van der Waals surface area contributed by atoms with E-state index in [1.807, 2.05) is 0 Å². The molecule has 1 N–H and O–H groups in total. The van der Waals surface area contributed by atoms with Gasteiger partial charge in [-0.25, -0.2) is 4.98 Å². The van der Waals surface area contributed by atoms with Gasteiger partial charge in [-0.1, -0.05) is 30.9 Å². The largest absolute Gasteiger partial charge is 0.350 e. The minimum absolute atomic E-state index is 0.0823. The summed E-state index contributed by atoms with van der Waals surface area (Å²) in [7, 11) is 4.20. The van der Waals surface area contributed by atoms with Crippen molar-refractivity contribution in [3.63, 3.8) is 0 Å². The lowest BCUT2D eigenvalue weighted by atomic mass is 9.80. The predicted octanol–water partition coefficient (Wildman–Crippen LogP) is 2.73. The highest BCUT2D eigenvalue weighted by Gasteiger charge is 2.34. The van der Waals surface area contributed by atoms with Crippen LogP contribution in [-0.4, -0.2) is 42.0 Å². The Kier molecular flexibility index (Phi) is 5.00. The molecule has 1 aliphatic carbocycles. The van der Waals surface area contributed by atoms with Crippen LogP contribution in [0.3, 0.4) is 0 Å². The molecule has 2 rings (SSSR count). The van der Waals surface area contributed by atoms with Gasteiger partial charge in [0.2, 0.25) is 0 Å². The Balaban J connectivity index is 2.00. The molecular weight excluding hydrogens is 274 g/mol. The first-order valence-corrected chi connectivity index (χ1v) is 7.48. The summed E-state index contributed by atoms with van der Waals surface area (Å²) in [6.45, 7) is 0.679. The van der Waals surface area contributed by atoms with Crippen LogP contribution in [0.25, 0.3) is 0 Å². The van der Waals surface area contributed by atoms with Crippen molar-refractivity contribution in [2.75, 3.05) is 20.6 Å². The molecule has 1 heterocycles. The molecule has 0 spiro atoms. The summed E-state index contributed by atoms with van der Waals surface area (Å²) >= 11 is 5.82. The highest BCUT2D eigenvalue weighted by Crippen LogP contribution is 2.31. The molecule has 4 nitrogen and oxygen atoms in total. The second-order valence-electron chi connectivity index (χ2n) is 5.73. The fraction of sp³-hybridized carbons (Fsp3) is 0.600. The van der Waals surface area contributed by atoms with Gasteiger partial charge in [-0.05, 0) is 39.1 Å². The van der Waals surface area contributed by atoms with Gasteiger partial charge in [0.25, 0.3) is 5.91 Å². The van der Waals surface area contributed by atoms with E-state index < -0.39 is 0 Å². The maximum atomic E-state index is 12.2. The highest BCUT2D eigenvalue weighted by atomic mass is 35.5. The summed E-state index contributed by atoms with van der Waals surface area (Å²) in [5.74, 6) is -0.0823. The summed E-state index contributed by atoms with van der Waals surface area (Å²) in [5.41, 5.74) is 0.653. The van der Waals surface area contributed by atoms with Gasteiger partial charge in [-0.2, -0.15) is 0 Å². The van der Waals surface area contributed by atoms with Crippen molar-refractivity contribution in [1.82, 2.24) is 15.2 Å². The maximum absolute atomic E-state index is 12.2. The van der Waals surface area contributed by atoms with E-state index in [-0.39, 0.29) is 11.4 Å². The summed E-state index contributed by atoms with van der Waals surface area (Å²) in [4.78, 5) is 18.3. The maximum Gasteiger partial charge on any atom is 0.251 e. The average molecular weight is 296 g/mol. The molecular formula is C15H22ClN3O. The Bertz CT molecular complexity index is 470. The van der Waals surface area contributed by atoms with Gasteiger partial charge in [0.05, 0.1) is 0 Å². The van der Waals surface area contributed by atoms with E-state index in [1.54, 1.807) is 18.3 Å². The molecule has 0 unspecified atom stereocenters. The summed E-state index contributed by atoms with van der Waals surface area (Å²) < 4.78 is 0. The predicted molar refractivity (Wildman–Crippen MR) is 81.1 cm³/mol. The van der Waals surface area contributed by atoms with Crippen molar-refractivity contribution in [3.8, 4) is 0 Å². The van der Waals surface area contributed by atoms with Crippen molar-refractivity contribution >= 4 is 17.5 Å². The van der Waals surface area contributed by atoms with E-state index in [0.717, 1.165) is 12.8 Å². The minimum atomic E-state index is -0.0823. The Labute approximate surface area is 125 Å². The van der Waals surface area contributed by atoms with Crippen molar-refractivity contribution in [1.29, 1.82) is 0 Å². The molecule has 0 saturated heterocycles. The van der Waals surface area contributed by atoms with E-state index >= 15 is 0 Å². The standard InChI is InChI=1S/C15H22ClN3O/c1-19(2)15(7-4-3-5-8-15)11-18-14(20)12-6-9-17-13(16)10-12/h6,9-10H,3-5,7-8,11H2,1-2H3,(H,18,20). The SMILES string of the molecule is CN(C)C1(CNC(=O)c2ccnc(Cl)c2)CCCCC1. The molecule has 1 aliphatic rings. The van der Waals surface area contributed by atoms with Crippen LogP contribution in [0, 0.1) is 0 Å². The van der Waals surface area contributed by atoms with Crippen molar-refractivity contribution in [2.45, 2.75) is 37.6 Å². The van der Waals surface area contributed by atoms with Gasteiger partial charge >= 0.3 is 0 Å². The number of likely N-dealkylation sites (N-methyl/N-ethyl adjacent to an activating group) is 1. The fourth-order valence-electron chi connectivity index (χ4n) is 2.88. The summed E-state index contributed by atoms with van der Waals surface area (Å²) in [6, 6.07) is 3.28. The second-order valence-corrected chi connectivity index (χ2v) is 6.12. The zero-order valence-corrected chi connectivity index (χ0v) is 12.9. The lowest BCUT2D eigenvalue weighted by Crippen LogP contribution is -2.53. The van der Waals surface area contributed by atoms with E-state index in [9.17, 15) is 4.79 Å². The molecule has 1 aromatic rings. The average Bonchev–Trinajstić information content (AvgIpc) is 2.45. The number of rotatable bonds is 4. The molecule has 20 heavy (non-hydrogen) atoms. The topological polar surface area (TPSA) is 45.2 Å². The first-order valence-electron chi connectivity index (χ1n) is 7.11. The highest BCUT2D eigenvalue weighted by molar-refractivity contribution is 6.29. The fourth-order valence-corrected chi connectivity index (χ4v) is 3.06. The molecule has 0 aromatic carbocycles. The molecule has 0 radical (unpaired) electrons. The Hall–Kier alpha value is -1.13. The van der Waals surface area contributed by atoms with Crippen LogP contribution >= 0.6 is 11.6 Å². The number of amides is 1. The molecule has 110 valence electrons. The number of pyridine rings is 1. The molecule has 5 heteroatoms. The van der Waals surface area contributed by atoms with Gasteiger partial charge in [0.15, 0.2) is 0 Å². The van der Waals surface area contributed by atoms with E-state index in [1.165, 1.54) is 19.3 Å². The number of nitrogens with one attached hydrogen (secondary N) is 1. The second kappa shape index (κ2) is 6.55. The lowest BCUT2D eigenvalue weighted by molar-refractivity contribution is 0.0799. The van der Waals surface area contributed by atoms with E-state index in [4.69, 9.17) is 11.6 Å². The van der Waals surface area contributed by atoms with Gasteiger partial charge in [0, 0.05) is 23.8 Å². The molecule has 0 aliphatic heterocycles. The Morgan fingerprint density at radius 2 is 2.10 bits per heavy atom. The zero-order chi connectivity index (χ0) is 14.6. The van der Waals surface area contributed by atoms with Crippen LogP contribution in [0.1, 0.15) is 42.5 Å². The Morgan fingerprint density at radius 3 is 2.70 bits per heavy atom. The third-order valence-corrected chi connectivity index (χ3v) is 4.51. The van der Waals surface area contributed by atoms with E-state index in [2.05, 4.69) is 29.3 Å². The van der Waals surface area contributed by atoms with Crippen LogP contribution in [0.5, 0.6) is 0 Å². The molecule has 0 atom stereocenters. The quantitative estimate of drug-likeness (QED) is 0.869. The number of carbonyl (C=O) groups is 1. The summed E-state index contributed by atoms with van der Waals surface area (Å²) in [6.07, 6.45) is 7.59. The summed E-state index contributed by atoms with van der Waals surface area (Å²) in [5, 5.41) is 3.40. The van der Waals surface area contributed by atoms with Crippen molar-refractivity contribution in [3.05, 3.63) is 29.0 Å². The molecule has 0 bridgehead atoms. The van der Waals surface area contributed by atoms with Crippen molar-refractivity contribution in [2.24, 2.45) is 0 Å². The lowest BCUT2D eigenvalue weighted by Gasteiger charge is -2.43. The third-order valence-electron chi connectivity index (χ3n) is 4.30. The number of hydrogen-bond acceptors (Lipinski definition) is 3. The smallest absolute Gasteiger partial charge is 0.251 e. The van der Waals surface area contributed by atoms with Crippen LogP contribution in [0.2, 0.25) is 5.15 Å².